The number of amides is 5. The highest BCUT2D eigenvalue weighted by molar-refractivity contribution is 7.84. The van der Waals surface area contributed by atoms with E-state index in [-0.39, 0.29) is 30.8 Å². The van der Waals surface area contributed by atoms with Crippen LogP contribution in [0.15, 0.2) is 54.6 Å². The van der Waals surface area contributed by atoms with Crippen LogP contribution in [0.25, 0.3) is 0 Å². The van der Waals surface area contributed by atoms with E-state index >= 15 is 0 Å². The molecule has 2 unspecified atom stereocenters. The number of benzene rings is 2. The molecule has 0 fully saturated rings. The van der Waals surface area contributed by atoms with Crippen LogP contribution in [0.4, 0.5) is 0 Å². The van der Waals surface area contributed by atoms with Crippen LogP contribution in [0, 0.1) is 0 Å². The standard InChI is InChI=1S/C28H38N6O7S/c1-17(32-27(39)22(30)14-19-8-10-20(35)11-9-19)25(37)31-16-24(36)33-23(15-18-6-4-3-5-7-18)28(40)34-26(38)21(29)12-13-42(2)41/h3-11,17,21-23,35H,12-16,29-30H2,1-2H3,(H,31,37)(H,32,39)(H,33,36)(H,34,38,40)/t17-,21?,22+,23+,42?/m1/s1. The fourth-order valence-corrected chi connectivity index (χ4v) is 4.30. The van der Waals surface area contributed by atoms with Crippen molar-refractivity contribution in [2.24, 2.45) is 11.5 Å². The molecule has 0 bridgehead atoms. The third-order valence-corrected chi connectivity index (χ3v) is 6.95. The zero-order valence-corrected chi connectivity index (χ0v) is 24.3. The Kier molecular flexibility index (Phi) is 13.8. The number of hydrogen-bond donors (Lipinski definition) is 7. The van der Waals surface area contributed by atoms with Gasteiger partial charge in [0.1, 0.15) is 17.8 Å². The van der Waals surface area contributed by atoms with E-state index in [1.807, 2.05) is 0 Å². The van der Waals surface area contributed by atoms with E-state index in [9.17, 15) is 33.3 Å². The number of imide groups is 1. The number of phenolic OH excluding ortho intramolecular Hbond substituents is 1. The highest BCUT2D eigenvalue weighted by Crippen LogP contribution is 2.11. The van der Waals surface area contributed by atoms with Gasteiger partial charge in [0.2, 0.25) is 29.5 Å². The molecule has 9 N–H and O–H groups in total. The van der Waals surface area contributed by atoms with Crippen LogP contribution in [0.3, 0.4) is 0 Å². The van der Waals surface area contributed by atoms with Crippen LogP contribution in [-0.2, 0) is 47.6 Å². The monoisotopic (exact) mass is 602 g/mol. The van der Waals surface area contributed by atoms with E-state index in [1.165, 1.54) is 25.3 Å². The number of aromatic hydroxyl groups is 1. The number of phenols is 1. The summed E-state index contributed by atoms with van der Waals surface area (Å²) < 4.78 is 11.3. The first-order valence-electron chi connectivity index (χ1n) is 13.2. The van der Waals surface area contributed by atoms with Crippen LogP contribution in [-0.4, -0.2) is 81.6 Å². The van der Waals surface area contributed by atoms with Gasteiger partial charge in [0, 0.05) is 29.2 Å². The molecule has 42 heavy (non-hydrogen) atoms. The number of carbonyl (C=O) groups excluding carboxylic acids is 5. The molecule has 0 aliphatic heterocycles. The fourth-order valence-electron chi connectivity index (χ4n) is 3.71. The maximum absolute atomic E-state index is 12.9. The van der Waals surface area contributed by atoms with Gasteiger partial charge in [0.05, 0.1) is 18.6 Å². The van der Waals surface area contributed by atoms with Gasteiger partial charge in [-0.15, -0.1) is 0 Å². The fraction of sp³-hybridized carbons (Fsp3) is 0.393. The first-order chi connectivity index (χ1) is 19.8. The Balaban J connectivity index is 1.91. The minimum absolute atomic E-state index is 0.0548. The molecular formula is C28H38N6O7S. The van der Waals surface area contributed by atoms with Gasteiger partial charge in [0.25, 0.3) is 0 Å². The summed E-state index contributed by atoms with van der Waals surface area (Å²) in [6.45, 7) is 0.917. The van der Waals surface area contributed by atoms with Crippen molar-refractivity contribution in [3.63, 3.8) is 0 Å². The Morgan fingerprint density at radius 2 is 1.43 bits per heavy atom. The average Bonchev–Trinajstić information content (AvgIpc) is 2.95. The van der Waals surface area contributed by atoms with E-state index in [0.29, 0.717) is 5.56 Å². The number of nitrogens with one attached hydrogen (secondary N) is 4. The SMILES string of the molecule is C[C@@H](NC(=O)[C@@H](N)Cc1ccc(O)cc1)C(=O)NCC(=O)N[C@@H](Cc1ccccc1)C(=O)NC(=O)C(N)CCS(C)=O. The molecule has 5 atom stereocenters. The summed E-state index contributed by atoms with van der Waals surface area (Å²) in [5.74, 6) is -3.23. The van der Waals surface area contributed by atoms with Gasteiger partial charge in [-0.3, -0.25) is 33.5 Å². The van der Waals surface area contributed by atoms with Crippen LogP contribution < -0.4 is 32.7 Å². The molecule has 0 aliphatic rings. The Labute approximate surface area is 246 Å². The molecular weight excluding hydrogens is 564 g/mol. The lowest BCUT2D eigenvalue weighted by Crippen LogP contribution is -2.55. The van der Waals surface area contributed by atoms with Crippen molar-refractivity contribution in [2.45, 2.75) is 50.4 Å². The number of hydrogen-bond acceptors (Lipinski definition) is 9. The topological polar surface area (TPSA) is 223 Å². The molecule has 0 heterocycles. The number of nitrogens with two attached hydrogens (primary N) is 2. The van der Waals surface area contributed by atoms with Gasteiger partial charge in [-0.25, -0.2) is 0 Å². The van der Waals surface area contributed by atoms with Gasteiger partial charge in [0.15, 0.2) is 0 Å². The molecule has 0 saturated heterocycles. The first kappa shape index (κ1) is 34.1. The van der Waals surface area contributed by atoms with Crippen LogP contribution >= 0.6 is 0 Å². The molecule has 0 aliphatic carbocycles. The second kappa shape index (κ2) is 17.0. The smallest absolute Gasteiger partial charge is 0.249 e. The van der Waals surface area contributed by atoms with E-state index in [2.05, 4.69) is 21.3 Å². The van der Waals surface area contributed by atoms with Crippen LogP contribution in [0.1, 0.15) is 24.5 Å². The van der Waals surface area contributed by atoms with Crippen LogP contribution in [0.5, 0.6) is 5.75 Å². The zero-order chi connectivity index (χ0) is 31.2. The molecule has 2 aromatic rings. The normalized spacial score (nSPS) is 14.4. The van der Waals surface area contributed by atoms with Crippen molar-refractivity contribution >= 4 is 40.3 Å². The third kappa shape index (κ3) is 12.2. The predicted molar refractivity (Wildman–Crippen MR) is 157 cm³/mol. The van der Waals surface area contributed by atoms with Crippen molar-refractivity contribution in [1.29, 1.82) is 0 Å². The molecule has 2 aromatic carbocycles. The van der Waals surface area contributed by atoms with E-state index in [0.717, 1.165) is 5.56 Å². The lowest BCUT2D eigenvalue weighted by atomic mass is 10.0. The molecule has 0 radical (unpaired) electrons. The van der Waals surface area contributed by atoms with Gasteiger partial charge in [-0.1, -0.05) is 42.5 Å². The summed E-state index contributed by atoms with van der Waals surface area (Å²) in [7, 11) is -1.16. The second-order valence-electron chi connectivity index (χ2n) is 9.76. The molecule has 13 nitrogen and oxygen atoms in total. The summed E-state index contributed by atoms with van der Waals surface area (Å²) in [5, 5.41) is 19.0. The Hall–Kier alpha value is -4.14. The summed E-state index contributed by atoms with van der Waals surface area (Å²) >= 11 is 0. The predicted octanol–water partition coefficient (Wildman–Crippen LogP) is -1.65. The largest absolute Gasteiger partial charge is 0.508 e. The quantitative estimate of drug-likeness (QED) is 0.124. The zero-order valence-electron chi connectivity index (χ0n) is 23.5. The Morgan fingerprint density at radius 1 is 0.810 bits per heavy atom. The lowest BCUT2D eigenvalue weighted by Gasteiger charge is -2.20. The lowest BCUT2D eigenvalue weighted by molar-refractivity contribution is -0.135. The molecule has 5 amide bonds. The van der Waals surface area contributed by atoms with Crippen molar-refractivity contribution in [1.82, 2.24) is 21.3 Å². The molecule has 0 aromatic heterocycles. The first-order valence-corrected chi connectivity index (χ1v) is 14.9. The summed E-state index contributed by atoms with van der Waals surface area (Å²) in [4.78, 5) is 62.9. The van der Waals surface area contributed by atoms with E-state index in [1.54, 1.807) is 42.5 Å². The molecule has 228 valence electrons. The van der Waals surface area contributed by atoms with Crippen LogP contribution in [0.2, 0.25) is 0 Å². The Morgan fingerprint density at radius 3 is 2.05 bits per heavy atom. The maximum atomic E-state index is 12.9. The second-order valence-corrected chi connectivity index (χ2v) is 11.3. The number of rotatable bonds is 15. The van der Waals surface area contributed by atoms with Gasteiger partial charge in [-0.05, 0) is 43.0 Å². The van der Waals surface area contributed by atoms with Gasteiger partial charge in [-0.2, -0.15) is 0 Å². The van der Waals surface area contributed by atoms with Crippen molar-refractivity contribution < 1.29 is 33.3 Å². The summed E-state index contributed by atoms with van der Waals surface area (Å²) in [6, 6.07) is 10.8. The van der Waals surface area contributed by atoms with Crippen molar-refractivity contribution in [3.05, 3.63) is 65.7 Å². The average molecular weight is 603 g/mol. The highest BCUT2D eigenvalue weighted by Gasteiger charge is 2.26. The summed E-state index contributed by atoms with van der Waals surface area (Å²) in [6.07, 6.45) is 1.82. The minimum atomic E-state index is -1.16. The van der Waals surface area contributed by atoms with Gasteiger partial charge < -0.3 is 32.5 Å². The highest BCUT2D eigenvalue weighted by atomic mass is 32.2. The van der Waals surface area contributed by atoms with E-state index in [4.69, 9.17) is 11.5 Å². The molecule has 0 spiro atoms. The molecule has 14 heteroatoms. The summed E-state index contributed by atoms with van der Waals surface area (Å²) in [5.41, 5.74) is 13.2. The minimum Gasteiger partial charge on any atom is -0.508 e. The molecule has 0 saturated carbocycles. The van der Waals surface area contributed by atoms with Crippen molar-refractivity contribution in [2.75, 3.05) is 18.6 Å². The third-order valence-electron chi connectivity index (χ3n) is 6.14. The Bertz CT molecular complexity index is 1260. The van der Waals surface area contributed by atoms with Gasteiger partial charge >= 0.3 is 0 Å². The van der Waals surface area contributed by atoms with E-state index < -0.39 is 71.0 Å². The molecule has 2 rings (SSSR count). The maximum Gasteiger partial charge on any atom is 0.249 e. The van der Waals surface area contributed by atoms with Crippen molar-refractivity contribution in [3.8, 4) is 5.75 Å². The number of carbonyl (C=O) groups is 5.